The van der Waals surface area contributed by atoms with E-state index >= 15 is 0 Å². The van der Waals surface area contributed by atoms with Crippen LogP contribution in [0.15, 0.2) is 35.9 Å². The van der Waals surface area contributed by atoms with E-state index in [0.717, 1.165) is 12.8 Å². The van der Waals surface area contributed by atoms with E-state index in [0.29, 0.717) is 41.2 Å². The monoisotopic (exact) mass is 516 g/mol. The summed E-state index contributed by atoms with van der Waals surface area (Å²) in [4.78, 5) is 28.2. The second-order valence-corrected chi connectivity index (χ2v) is 9.45. The van der Waals surface area contributed by atoms with Crippen molar-refractivity contribution >= 4 is 11.8 Å². The molecule has 5 atom stereocenters. The molecule has 1 aromatic carbocycles. The number of carbonyl (C=O) groups is 2. The van der Waals surface area contributed by atoms with Crippen molar-refractivity contribution < 1.29 is 39.1 Å². The molecule has 0 saturated carbocycles. The Kier molecular flexibility index (Phi) is 8.86. The average Bonchev–Trinajstić information content (AvgIpc) is 3.57. The third-order valence-corrected chi connectivity index (χ3v) is 7.06. The number of rotatable bonds is 10. The average molecular weight is 517 g/mol. The van der Waals surface area contributed by atoms with Crippen LogP contribution < -0.4 is 14.8 Å². The van der Waals surface area contributed by atoms with Crippen molar-refractivity contribution in [2.75, 3.05) is 33.4 Å². The fraction of sp³-hybridized carbons (Fsp3) is 0.556. The molecule has 4 rings (SSSR count). The van der Waals surface area contributed by atoms with Crippen molar-refractivity contribution in [3.05, 3.63) is 47.1 Å². The molecule has 0 spiro atoms. The number of aliphatic hydroxyl groups is 3. The minimum absolute atomic E-state index is 0.0479. The van der Waals surface area contributed by atoms with Gasteiger partial charge in [-0.05, 0) is 49.1 Å². The Balaban J connectivity index is 1.79. The second-order valence-electron chi connectivity index (χ2n) is 9.45. The van der Waals surface area contributed by atoms with Gasteiger partial charge in [-0.1, -0.05) is 13.0 Å². The number of hydrogen-bond acceptors (Lipinski definition) is 8. The van der Waals surface area contributed by atoms with E-state index in [1.165, 1.54) is 13.2 Å². The van der Waals surface area contributed by atoms with E-state index in [2.05, 4.69) is 5.32 Å². The van der Waals surface area contributed by atoms with Crippen LogP contribution in [0.4, 0.5) is 0 Å². The molecule has 1 saturated heterocycles. The summed E-state index contributed by atoms with van der Waals surface area (Å²) < 4.78 is 17.5. The van der Waals surface area contributed by atoms with E-state index < -0.39 is 30.1 Å². The Labute approximate surface area is 216 Å². The lowest BCUT2D eigenvalue weighted by atomic mass is 9.77. The third-order valence-electron chi connectivity index (χ3n) is 7.06. The van der Waals surface area contributed by atoms with Crippen LogP contribution in [-0.2, 0) is 20.9 Å². The van der Waals surface area contributed by atoms with Gasteiger partial charge in [0.25, 0.3) is 0 Å². The van der Waals surface area contributed by atoms with E-state index in [1.807, 2.05) is 6.92 Å². The predicted octanol–water partition coefficient (Wildman–Crippen LogP) is 0.784. The molecular weight excluding hydrogens is 480 g/mol. The minimum Gasteiger partial charge on any atom is -0.493 e. The second kappa shape index (κ2) is 12.1. The summed E-state index contributed by atoms with van der Waals surface area (Å²) in [6, 6.07) is 2.53. The molecule has 4 N–H and O–H groups in total. The molecule has 0 aromatic heterocycles. The quantitative estimate of drug-likeness (QED) is 0.335. The van der Waals surface area contributed by atoms with Crippen molar-refractivity contribution in [3.63, 3.8) is 0 Å². The maximum atomic E-state index is 13.3. The summed E-state index contributed by atoms with van der Waals surface area (Å²) in [7, 11) is 1.48. The number of aliphatic hydroxyl groups excluding tert-OH is 3. The van der Waals surface area contributed by atoms with Crippen molar-refractivity contribution in [3.8, 4) is 11.5 Å². The van der Waals surface area contributed by atoms with E-state index in [9.17, 15) is 24.9 Å². The van der Waals surface area contributed by atoms with E-state index in [-0.39, 0.29) is 38.3 Å². The zero-order valence-electron chi connectivity index (χ0n) is 21.3. The summed E-state index contributed by atoms with van der Waals surface area (Å²) in [5.74, 6) is -0.612. The Bertz CT molecular complexity index is 1050. The number of allylic oxidation sites excluding steroid dienone is 1. The SMILES string of the molecule is CC/C=C/C(=O)N(CC1CCCO1)[C@@H]1C=C(C(=O)NCCO)[C@@H]2c3cc(CO)cc(OC)c3O[C@@H]2[C@H]1O. The highest BCUT2D eigenvalue weighted by atomic mass is 16.5. The molecule has 1 aliphatic carbocycles. The zero-order valence-corrected chi connectivity index (χ0v) is 21.3. The first kappa shape index (κ1) is 27.1. The molecule has 2 heterocycles. The number of fused-ring (bicyclic) bond motifs is 3. The number of hydrogen-bond donors (Lipinski definition) is 4. The molecule has 2 aliphatic heterocycles. The fourth-order valence-corrected chi connectivity index (χ4v) is 5.30. The van der Waals surface area contributed by atoms with Gasteiger partial charge in [-0.2, -0.15) is 0 Å². The van der Waals surface area contributed by atoms with Crippen LogP contribution in [0.2, 0.25) is 0 Å². The third kappa shape index (κ3) is 5.52. The highest BCUT2D eigenvalue weighted by molar-refractivity contribution is 5.96. The van der Waals surface area contributed by atoms with Crippen LogP contribution in [0.5, 0.6) is 11.5 Å². The predicted molar refractivity (Wildman–Crippen MR) is 134 cm³/mol. The summed E-state index contributed by atoms with van der Waals surface area (Å²) in [5.41, 5.74) is 1.50. The maximum absolute atomic E-state index is 13.3. The highest BCUT2D eigenvalue weighted by Gasteiger charge is 2.51. The van der Waals surface area contributed by atoms with Crippen LogP contribution in [0, 0.1) is 0 Å². The van der Waals surface area contributed by atoms with Crippen molar-refractivity contribution in [1.82, 2.24) is 10.2 Å². The lowest BCUT2D eigenvalue weighted by Gasteiger charge is -2.41. The van der Waals surface area contributed by atoms with E-state index in [1.54, 1.807) is 29.2 Å². The molecule has 10 nitrogen and oxygen atoms in total. The number of ether oxygens (including phenoxy) is 3. The van der Waals surface area contributed by atoms with Gasteiger partial charge < -0.3 is 39.7 Å². The van der Waals surface area contributed by atoms with Gasteiger partial charge in [0.2, 0.25) is 11.8 Å². The van der Waals surface area contributed by atoms with Gasteiger partial charge in [0.05, 0.1) is 38.4 Å². The number of carbonyl (C=O) groups excluding carboxylic acids is 2. The molecule has 0 bridgehead atoms. The van der Waals surface area contributed by atoms with Gasteiger partial charge in [-0.3, -0.25) is 9.59 Å². The molecule has 37 heavy (non-hydrogen) atoms. The molecule has 202 valence electrons. The van der Waals surface area contributed by atoms with Crippen molar-refractivity contribution in [1.29, 1.82) is 0 Å². The fourth-order valence-electron chi connectivity index (χ4n) is 5.30. The Morgan fingerprint density at radius 1 is 1.30 bits per heavy atom. The number of amides is 2. The molecule has 3 aliphatic rings. The minimum atomic E-state index is -1.16. The van der Waals surface area contributed by atoms with Gasteiger partial charge in [0.1, 0.15) is 12.2 Å². The summed E-state index contributed by atoms with van der Waals surface area (Å²) >= 11 is 0. The van der Waals surface area contributed by atoms with Crippen LogP contribution in [0.25, 0.3) is 0 Å². The molecular formula is C27H36N2O8. The summed E-state index contributed by atoms with van der Waals surface area (Å²) in [6.45, 7) is 2.38. The van der Waals surface area contributed by atoms with E-state index in [4.69, 9.17) is 14.2 Å². The summed E-state index contributed by atoms with van der Waals surface area (Å²) in [5, 5.41) is 33.4. The molecule has 0 radical (unpaired) electrons. The first-order chi connectivity index (χ1) is 17.9. The van der Waals surface area contributed by atoms with Gasteiger partial charge in [-0.15, -0.1) is 0 Å². The Morgan fingerprint density at radius 3 is 2.76 bits per heavy atom. The van der Waals surface area contributed by atoms with Crippen LogP contribution in [-0.4, -0.2) is 89.8 Å². The van der Waals surface area contributed by atoms with Crippen molar-refractivity contribution in [2.24, 2.45) is 0 Å². The van der Waals surface area contributed by atoms with Gasteiger partial charge in [0, 0.05) is 30.8 Å². The Morgan fingerprint density at radius 2 is 2.11 bits per heavy atom. The van der Waals surface area contributed by atoms with Gasteiger partial charge in [0.15, 0.2) is 11.5 Å². The molecule has 1 unspecified atom stereocenters. The van der Waals surface area contributed by atoms with Crippen LogP contribution >= 0.6 is 0 Å². The maximum Gasteiger partial charge on any atom is 0.247 e. The smallest absolute Gasteiger partial charge is 0.247 e. The Hall–Kier alpha value is -2.92. The number of methoxy groups -OCH3 is 1. The molecule has 10 heteroatoms. The van der Waals surface area contributed by atoms with Gasteiger partial charge >= 0.3 is 0 Å². The van der Waals surface area contributed by atoms with Crippen LogP contribution in [0.1, 0.15) is 43.2 Å². The lowest BCUT2D eigenvalue weighted by Crippen LogP contribution is -2.56. The first-order valence-corrected chi connectivity index (χ1v) is 12.8. The molecule has 1 fully saturated rings. The first-order valence-electron chi connectivity index (χ1n) is 12.8. The highest BCUT2D eigenvalue weighted by Crippen LogP contribution is 2.51. The summed E-state index contributed by atoms with van der Waals surface area (Å²) in [6.07, 6.45) is 5.02. The molecule has 1 aromatic rings. The number of benzene rings is 1. The normalized spacial score (nSPS) is 26.3. The number of nitrogens with one attached hydrogen (secondary N) is 1. The topological polar surface area (TPSA) is 138 Å². The largest absolute Gasteiger partial charge is 0.493 e. The zero-order chi connectivity index (χ0) is 26.5. The van der Waals surface area contributed by atoms with Crippen molar-refractivity contribution in [2.45, 2.75) is 63.1 Å². The standard InChI is InChI=1S/C27H36N2O8/c1-3-4-7-22(32)29(14-17-6-5-10-36-17)20-13-19(27(34)28-8-9-30)23-18-11-16(15-31)12-21(35-2)25(18)37-26(23)24(20)33/h4,7,11-13,17,20,23-24,26,30-31,33H,3,5-6,8-10,14-15H2,1-2H3,(H,28,34)/b7-4+/t17?,20-,23+,24+,26+/m1/s1. The number of nitrogens with zero attached hydrogens (tertiary/aromatic N) is 1. The van der Waals surface area contributed by atoms with Crippen LogP contribution in [0.3, 0.4) is 0 Å². The molecule has 2 amide bonds. The lowest BCUT2D eigenvalue weighted by molar-refractivity contribution is -0.134. The van der Waals surface area contributed by atoms with Gasteiger partial charge in [-0.25, -0.2) is 0 Å².